The maximum absolute atomic E-state index is 13.4. The number of hydrogen-bond acceptors (Lipinski definition) is 7. The molecule has 0 spiro atoms. The van der Waals surface area contributed by atoms with Gasteiger partial charge in [-0.3, -0.25) is 19.7 Å². The number of carboxylic acid groups (broad SMARTS) is 1. The molecule has 1 saturated heterocycles. The highest BCUT2D eigenvalue weighted by Gasteiger charge is 2.37. The second-order valence-electron chi connectivity index (χ2n) is 7.48. The Kier molecular flexibility index (Phi) is 9.13. The smallest absolute Gasteiger partial charge is 0.323 e. The average Bonchev–Trinajstić information content (AvgIpc) is 3.27. The van der Waals surface area contributed by atoms with E-state index in [4.69, 9.17) is 4.74 Å². The predicted molar refractivity (Wildman–Crippen MR) is 126 cm³/mol. The van der Waals surface area contributed by atoms with Gasteiger partial charge in [-0.1, -0.05) is 36.4 Å². The quantitative estimate of drug-likeness (QED) is 0.509. The van der Waals surface area contributed by atoms with Gasteiger partial charge in [-0.2, -0.15) is 11.8 Å². The normalized spacial score (nSPS) is 19.9. The molecule has 1 aliphatic rings. The van der Waals surface area contributed by atoms with Crippen LogP contribution < -0.4 is 5.32 Å². The van der Waals surface area contributed by atoms with Crippen LogP contribution in [0.15, 0.2) is 47.8 Å². The van der Waals surface area contributed by atoms with E-state index in [-0.39, 0.29) is 25.1 Å². The maximum atomic E-state index is 13.4. The average molecular weight is 477 g/mol. The van der Waals surface area contributed by atoms with Crippen LogP contribution in [0.3, 0.4) is 0 Å². The van der Waals surface area contributed by atoms with E-state index < -0.39 is 24.0 Å². The number of carbonyl (C=O) groups excluding carboxylic acids is 2. The molecule has 3 atom stereocenters. The highest BCUT2D eigenvalue weighted by Crippen LogP contribution is 2.32. The molecule has 2 N–H and O–H groups in total. The molecule has 3 unspecified atom stereocenters. The first kappa shape index (κ1) is 24.3. The second kappa shape index (κ2) is 12.0. The lowest BCUT2D eigenvalue weighted by molar-refractivity contribution is -0.149. The zero-order valence-electron chi connectivity index (χ0n) is 17.9. The van der Waals surface area contributed by atoms with Gasteiger partial charge in [0, 0.05) is 16.4 Å². The topological polar surface area (TPSA) is 95.9 Å². The third-order valence-electron chi connectivity index (χ3n) is 5.23. The van der Waals surface area contributed by atoms with Gasteiger partial charge < -0.3 is 14.7 Å². The number of thiophene rings is 1. The van der Waals surface area contributed by atoms with Crippen molar-refractivity contribution in [1.82, 2.24) is 10.2 Å². The van der Waals surface area contributed by atoms with Gasteiger partial charge in [-0.15, -0.1) is 11.3 Å². The summed E-state index contributed by atoms with van der Waals surface area (Å²) in [6.45, 7) is 1.62. The molecule has 1 fully saturated rings. The summed E-state index contributed by atoms with van der Waals surface area (Å²) in [6, 6.07) is 12.0. The van der Waals surface area contributed by atoms with E-state index in [1.165, 1.54) is 16.2 Å². The third-order valence-corrected chi connectivity index (χ3v) is 7.33. The number of nitrogens with zero attached hydrogens (tertiary/aromatic N) is 1. The minimum absolute atomic E-state index is 0.251. The molecule has 7 nitrogen and oxygen atoms in total. The zero-order chi connectivity index (χ0) is 22.9. The molecule has 1 aromatic carbocycles. The van der Waals surface area contributed by atoms with Crippen LogP contribution >= 0.6 is 23.1 Å². The van der Waals surface area contributed by atoms with Crippen LogP contribution in [0.25, 0.3) is 0 Å². The Bertz CT molecular complexity index is 891. The van der Waals surface area contributed by atoms with Gasteiger partial charge in [0.15, 0.2) is 0 Å². The van der Waals surface area contributed by atoms with Crippen LogP contribution in [0.1, 0.15) is 29.8 Å². The maximum Gasteiger partial charge on any atom is 0.323 e. The van der Waals surface area contributed by atoms with Crippen molar-refractivity contribution >= 4 is 40.9 Å². The van der Waals surface area contributed by atoms with Gasteiger partial charge in [0.25, 0.3) is 0 Å². The van der Waals surface area contributed by atoms with Crippen molar-refractivity contribution in [2.75, 3.05) is 24.7 Å². The Hall–Kier alpha value is -2.36. The first-order valence-electron chi connectivity index (χ1n) is 10.6. The lowest BCUT2D eigenvalue weighted by Crippen LogP contribution is -2.54. The van der Waals surface area contributed by atoms with Crippen molar-refractivity contribution < 1.29 is 24.2 Å². The largest absolute Gasteiger partial charge is 0.480 e. The number of esters is 1. The predicted octanol–water partition coefficient (Wildman–Crippen LogP) is 2.97. The van der Waals surface area contributed by atoms with Crippen LogP contribution in [0.2, 0.25) is 0 Å². The van der Waals surface area contributed by atoms with Crippen LogP contribution in [-0.2, 0) is 25.5 Å². The van der Waals surface area contributed by atoms with Gasteiger partial charge in [0.1, 0.15) is 12.6 Å². The molecule has 3 rings (SSSR count). The number of amides is 1. The Morgan fingerprint density at radius 2 is 2.00 bits per heavy atom. The lowest BCUT2D eigenvalue weighted by atomic mass is 10.0. The molecule has 0 radical (unpaired) electrons. The number of hydrogen-bond donors (Lipinski definition) is 2. The van der Waals surface area contributed by atoms with E-state index in [0.29, 0.717) is 24.3 Å². The van der Waals surface area contributed by atoms with Gasteiger partial charge in [0.05, 0.1) is 18.7 Å². The number of carbonyl (C=O) groups is 3. The van der Waals surface area contributed by atoms with Gasteiger partial charge in [-0.05, 0) is 36.8 Å². The molecule has 0 bridgehead atoms. The molecule has 0 aliphatic carbocycles. The summed E-state index contributed by atoms with van der Waals surface area (Å²) in [7, 11) is 0. The van der Waals surface area contributed by atoms with Crippen molar-refractivity contribution in [2.45, 2.75) is 37.9 Å². The number of rotatable bonds is 10. The van der Waals surface area contributed by atoms with E-state index in [1.807, 2.05) is 47.8 Å². The SMILES string of the molecule is CCOC(=O)C(CCc1ccccc1)NC1CSCC(c2cccs2)N(CC(=O)O)C1=O. The van der Waals surface area contributed by atoms with Crippen molar-refractivity contribution in [1.29, 1.82) is 0 Å². The van der Waals surface area contributed by atoms with E-state index in [0.717, 1.165) is 10.4 Å². The first-order chi connectivity index (χ1) is 15.5. The standard InChI is InChI=1S/C23H28N2O5S2/c1-2-30-23(29)17(11-10-16-7-4-3-5-8-16)24-18-14-31-15-19(20-9-6-12-32-20)25(22(18)28)13-21(26)27/h3-9,12,17-19,24H,2,10-11,13-15H2,1H3,(H,26,27). The van der Waals surface area contributed by atoms with Gasteiger partial charge in [0.2, 0.25) is 5.91 Å². The summed E-state index contributed by atoms with van der Waals surface area (Å²) < 4.78 is 5.25. The van der Waals surface area contributed by atoms with Crippen LogP contribution in [0, 0.1) is 0 Å². The number of carboxylic acids is 1. The first-order valence-corrected chi connectivity index (χ1v) is 12.6. The summed E-state index contributed by atoms with van der Waals surface area (Å²) >= 11 is 3.09. The minimum Gasteiger partial charge on any atom is -0.480 e. The molecule has 32 heavy (non-hydrogen) atoms. The Labute approximate surface area is 196 Å². The summed E-state index contributed by atoms with van der Waals surface area (Å²) in [4.78, 5) is 40.0. The molecular formula is C23H28N2O5S2. The summed E-state index contributed by atoms with van der Waals surface area (Å²) in [5.41, 5.74) is 1.09. The molecule has 2 heterocycles. The van der Waals surface area contributed by atoms with Gasteiger partial charge >= 0.3 is 11.9 Å². The number of aryl methyl sites for hydroxylation is 1. The highest BCUT2D eigenvalue weighted by molar-refractivity contribution is 7.99. The summed E-state index contributed by atoms with van der Waals surface area (Å²) in [6.07, 6.45) is 1.13. The van der Waals surface area contributed by atoms with Crippen LogP contribution in [0.5, 0.6) is 0 Å². The molecule has 9 heteroatoms. The van der Waals surface area contributed by atoms with Crippen LogP contribution in [0.4, 0.5) is 0 Å². The summed E-state index contributed by atoms with van der Waals surface area (Å²) in [5.74, 6) is -0.699. The summed E-state index contributed by atoms with van der Waals surface area (Å²) in [5, 5.41) is 14.6. The molecule has 0 saturated carbocycles. The molecule has 1 aromatic heterocycles. The molecular weight excluding hydrogens is 448 g/mol. The molecule has 2 aromatic rings. The van der Waals surface area contributed by atoms with Crippen molar-refractivity contribution in [2.24, 2.45) is 0 Å². The van der Waals surface area contributed by atoms with E-state index in [2.05, 4.69) is 5.32 Å². The number of nitrogens with one attached hydrogen (secondary N) is 1. The van der Waals surface area contributed by atoms with Gasteiger partial charge in [-0.25, -0.2) is 0 Å². The zero-order valence-corrected chi connectivity index (χ0v) is 19.6. The Balaban J connectivity index is 1.77. The molecule has 172 valence electrons. The lowest BCUT2D eigenvalue weighted by Gasteiger charge is -2.30. The van der Waals surface area contributed by atoms with E-state index >= 15 is 0 Å². The number of aliphatic carboxylic acids is 1. The Morgan fingerprint density at radius 3 is 2.66 bits per heavy atom. The second-order valence-corrected chi connectivity index (χ2v) is 9.53. The monoisotopic (exact) mass is 476 g/mol. The van der Waals surface area contributed by atoms with Crippen molar-refractivity contribution in [3.63, 3.8) is 0 Å². The van der Waals surface area contributed by atoms with Crippen molar-refractivity contribution in [3.05, 3.63) is 58.3 Å². The molecule has 1 amide bonds. The minimum atomic E-state index is -1.06. The highest BCUT2D eigenvalue weighted by atomic mass is 32.2. The Morgan fingerprint density at radius 1 is 1.22 bits per heavy atom. The third kappa shape index (κ3) is 6.57. The fourth-order valence-corrected chi connectivity index (χ4v) is 5.83. The van der Waals surface area contributed by atoms with E-state index in [9.17, 15) is 19.5 Å². The van der Waals surface area contributed by atoms with E-state index in [1.54, 1.807) is 18.7 Å². The molecule has 1 aliphatic heterocycles. The number of benzene rings is 1. The fraction of sp³-hybridized carbons (Fsp3) is 0.435. The fourth-order valence-electron chi connectivity index (χ4n) is 3.69. The van der Waals surface area contributed by atoms with Crippen LogP contribution in [-0.4, -0.2) is 64.6 Å². The van der Waals surface area contributed by atoms with Crippen molar-refractivity contribution in [3.8, 4) is 0 Å². The number of thioether (sulfide) groups is 1. The number of ether oxygens (including phenoxy) is 1.